The first kappa shape index (κ1) is 27.1. The van der Waals surface area contributed by atoms with E-state index in [2.05, 4.69) is 0 Å². The average Bonchev–Trinajstić information content (AvgIpc) is 2.54. The molecule has 0 aliphatic rings. The van der Waals surface area contributed by atoms with Gasteiger partial charge < -0.3 is 30.6 Å². The molecule has 1 atom stereocenters. The lowest BCUT2D eigenvalue weighted by molar-refractivity contribution is -0.0453. The Kier molecular flexibility index (Phi) is 13.2. The Morgan fingerprint density at radius 2 is 1.37 bits per heavy atom. The largest absolute Gasteiger partial charge is 0.478 e. The van der Waals surface area contributed by atoms with Crippen molar-refractivity contribution in [2.45, 2.75) is 44.0 Å². The zero-order valence-electron chi connectivity index (χ0n) is 14.7. The number of aliphatic hydroxyl groups is 4. The van der Waals surface area contributed by atoms with E-state index in [1.165, 1.54) is 6.92 Å². The quantitative estimate of drug-likeness (QED) is 0.240. The summed E-state index contributed by atoms with van der Waals surface area (Å²) in [5, 5.41) is 49.4. The number of carbonyl (C=O) groups is 2. The molecule has 11 nitrogen and oxygen atoms in total. The molecule has 0 spiro atoms. The molecule has 1 rings (SSSR count). The molecule has 0 saturated heterocycles. The standard InChI is InChI=1S/C8H6O7S.C4H10O2.C3H8O2/c9-7(10)4-1-5(8(11)12)3-6(2-4)16(13,14)15;1-2-3-4(5)6;1-3(5)2-4/h1-3H,(H,9,10)(H,11,12)(H,13,14,15);4-6H,2-3H2,1H3;3-5H,2H2,1H3. The van der Waals surface area contributed by atoms with E-state index < -0.39 is 50.5 Å². The van der Waals surface area contributed by atoms with Crippen molar-refractivity contribution >= 4 is 22.1 Å². The van der Waals surface area contributed by atoms with Crippen LogP contribution >= 0.6 is 0 Å². The predicted octanol–water partition coefficient (Wildman–Crippen LogP) is -0.214. The predicted molar refractivity (Wildman–Crippen MR) is 92.1 cm³/mol. The van der Waals surface area contributed by atoms with Crippen molar-refractivity contribution in [3.63, 3.8) is 0 Å². The van der Waals surface area contributed by atoms with Gasteiger partial charge in [0.15, 0.2) is 6.29 Å². The second-order valence-corrected chi connectivity index (χ2v) is 6.55. The highest BCUT2D eigenvalue weighted by atomic mass is 32.2. The molecule has 0 aromatic heterocycles. The first-order valence-electron chi connectivity index (χ1n) is 7.50. The molecular formula is C15H24O11S. The lowest BCUT2D eigenvalue weighted by atomic mass is 10.1. The van der Waals surface area contributed by atoms with E-state index in [0.29, 0.717) is 18.6 Å². The molecule has 1 aromatic rings. The minimum absolute atomic E-state index is 0.139. The summed E-state index contributed by atoms with van der Waals surface area (Å²) in [7, 11) is -4.64. The first-order valence-corrected chi connectivity index (χ1v) is 8.94. The fraction of sp³-hybridized carbons (Fsp3) is 0.467. The second kappa shape index (κ2) is 13.1. The highest BCUT2D eigenvalue weighted by Gasteiger charge is 2.17. The van der Waals surface area contributed by atoms with Gasteiger partial charge in [0.25, 0.3) is 10.1 Å². The molecule has 12 heteroatoms. The van der Waals surface area contributed by atoms with Crippen LogP contribution in [0.25, 0.3) is 0 Å². The van der Waals surface area contributed by atoms with Gasteiger partial charge in [-0.1, -0.05) is 13.3 Å². The van der Waals surface area contributed by atoms with Crippen LogP contribution in [0.5, 0.6) is 0 Å². The number of carboxylic acid groups (broad SMARTS) is 2. The SMILES string of the molecule is CC(O)CO.CCCC(O)O.O=C(O)c1cc(C(=O)O)cc(S(=O)(=O)O)c1. The molecule has 1 aromatic carbocycles. The van der Waals surface area contributed by atoms with Crippen LogP contribution in [0.1, 0.15) is 47.4 Å². The number of aliphatic hydroxyl groups excluding tert-OH is 3. The number of hydrogen-bond acceptors (Lipinski definition) is 8. The molecule has 0 saturated carbocycles. The van der Waals surface area contributed by atoms with Crippen LogP contribution < -0.4 is 0 Å². The second-order valence-electron chi connectivity index (χ2n) is 5.13. The summed E-state index contributed by atoms with van der Waals surface area (Å²) in [6.45, 7) is 3.29. The molecule has 0 aliphatic carbocycles. The maximum absolute atomic E-state index is 10.8. The molecular weight excluding hydrogens is 388 g/mol. The Hall–Kier alpha value is -2.09. The van der Waals surface area contributed by atoms with Crippen LogP contribution in [0.15, 0.2) is 23.1 Å². The number of aromatic carboxylic acids is 2. The molecule has 0 heterocycles. The number of carboxylic acids is 2. The van der Waals surface area contributed by atoms with Gasteiger partial charge in [-0.25, -0.2) is 9.59 Å². The van der Waals surface area contributed by atoms with Crippen LogP contribution in [0.3, 0.4) is 0 Å². The summed E-state index contributed by atoms with van der Waals surface area (Å²) in [6, 6.07) is 2.13. The maximum atomic E-state index is 10.8. The summed E-state index contributed by atoms with van der Waals surface area (Å²) in [5.74, 6) is -2.99. The van der Waals surface area contributed by atoms with Gasteiger partial charge in [0.1, 0.15) is 0 Å². The van der Waals surface area contributed by atoms with Crippen molar-refractivity contribution in [2.75, 3.05) is 6.61 Å². The maximum Gasteiger partial charge on any atom is 0.335 e. The normalized spacial score (nSPS) is 11.6. The molecule has 0 bridgehead atoms. The molecule has 0 fully saturated rings. The van der Waals surface area contributed by atoms with Crippen LogP contribution in [0.2, 0.25) is 0 Å². The minimum atomic E-state index is -4.64. The van der Waals surface area contributed by atoms with Crippen LogP contribution in [0, 0.1) is 0 Å². The Balaban J connectivity index is 0. The molecule has 0 amide bonds. The lowest BCUT2D eigenvalue weighted by Gasteiger charge is -2.02. The summed E-state index contributed by atoms with van der Waals surface area (Å²) >= 11 is 0. The summed E-state index contributed by atoms with van der Waals surface area (Å²) in [6.07, 6.45) is -0.345. The van der Waals surface area contributed by atoms with E-state index in [-0.39, 0.29) is 6.61 Å². The van der Waals surface area contributed by atoms with Gasteiger partial charge >= 0.3 is 11.9 Å². The molecule has 1 unspecified atom stereocenters. The first-order chi connectivity index (χ1) is 12.3. The molecule has 27 heavy (non-hydrogen) atoms. The van der Waals surface area contributed by atoms with Crippen LogP contribution in [-0.4, -0.2) is 74.5 Å². The number of rotatable bonds is 6. The van der Waals surface area contributed by atoms with Crippen molar-refractivity contribution in [2.24, 2.45) is 0 Å². The van der Waals surface area contributed by atoms with Gasteiger partial charge in [-0.05, 0) is 31.5 Å². The molecule has 7 N–H and O–H groups in total. The Labute approximate surface area is 155 Å². The van der Waals surface area contributed by atoms with Gasteiger partial charge in [0.2, 0.25) is 0 Å². The number of benzene rings is 1. The molecule has 0 radical (unpaired) electrons. The lowest BCUT2D eigenvalue weighted by Crippen LogP contribution is -2.07. The highest BCUT2D eigenvalue weighted by molar-refractivity contribution is 7.85. The minimum Gasteiger partial charge on any atom is -0.478 e. The van der Waals surface area contributed by atoms with Crippen molar-refractivity contribution in [3.8, 4) is 0 Å². The van der Waals surface area contributed by atoms with Gasteiger partial charge in [-0.15, -0.1) is 0 Å². The monoisotopic (exact) mass is 412 g/mol. The van der Waals surface area contributed by atoms with Gasteiger partial charge in [0, 0.05) is 0 Å². The Morgan fingerprint density at radius 3 is 1.52 bits per heavy atom. The van der Waals surface area contributed by atoms with Crippen molar-refractivity contribution < 1.29 is 53.2 Å². The van der Waals surface area contributed by atoms with E-state index in [4.69, 9.17) is 35.2 Å². The summed E-state index contributed by atoms with van der Waals surface area (Å²) in [5.41, 5.74) is -1.07. The number of hydrogen-bond donors (Lipinski definition) is 7. The van der Waals surface area contributed by atoms with Crippen molar-refractivity contribution in [1.82, 2.24) is 0 Å². The summed E-state index contributed by atoms with van der Waals surface area (Å²) in [4.78, 5) is 20.4. The van der Waals surface area contributed by atoms with Gasteiger partial charge in [-0.2, -0.15) is 8.42 Å². The zero-order valence-corrected chi connectivity index (χ0v) is 15.5. The third-order valence-electron chi connectivity index (χ3n) is 2.51. The van der Waals surface area contributed by atoms with Crippen molar-refractivity contribution in [1.29, 1.82) is 0 Å². The third-order valence-corrected chi connectivity index (χ3v) is 3.34. The Morgan fingerprint density at radius 1 is 1.00 bits per heavy atom. The Bertz CT molecular complexity index is 663. The smallest absolute Gasteiger partial charge is 0.335 e. The van der Waals surface area contributed by atoms with E-state index in [9.17, 15) is 18.0 Å². The van der Waals surface area contributed by atoms with E-state index in [1.54, 1.807) is 0 Å². The fourth-order valence-corrected chi connectivity index (χ4v) is 1.80. The van der Waals surface area contributed by atoms with Gasteiger partial charge in [0.05, 0.1) is 28.7 Å². The van der Waals surface area contributed by atoms with Crippen LogP contribution in [-0.2, 0) is 10.1 Å². The van der Waals surface area contributed by atoms with E-state index >= 15 is 0 Å². The van der Waals surface area contributed by atoms with Crippen LogP contribution in [0.4, 0.5) is 0 Å². The zero-order chi connectivity index (χ0) is 21.8. The average molecular weight is 412 g/mol. The van der Waals surface area contributed by atoms with E-state index in [1.807, 2.05) is 6.92 Å². The fourth-order valence-electron chi connectivity index (χ4n) is 1.25. The molecule has 0 aliphatic heterocycles. The summed E-state index contributed by atoms with van der Waals surface area (Å²) < 4.78 is 30.2. The third kappa shape index (κ3) is 13.7. The van der Waals surface area contributed by atoms with Gasteiger partial charge in [-0.3, -0.25) is 4.55 Å². The van der Waals surface area contributed by atoms with E-state index in [0.717, 1.165) is 12.5 Å². The topological polar surface area (TPSA) is 210 Å². The highest BCUT2D eigenvalue weighted by Crippen LogP contribution is 2.15. The van der Waals surface area contributed by atoms with Crippen molar-refractivity contribution in [3.05, 3.63) is 29.3 Å². The molecule has 156 valence electrons.